The molecule has 0 N–H and O–H groups in total. The highest BCUT2D eigenvalue weighted by Gasteiger charge is 2.26. The number of alkyl halides is 2. The van der Waals surface area contributed by atoms with Crippen LogP contribution in [0.25, 0.3) is 0 Å². The second-order valence-electron chi connectivity index (χ2n) is 8.35. The smallest absolute Gasteiger partial charge is 0.285 e. The summed E-state index contributed by atoms with van der Waals surface area (Å²) >= 11 is 3.48. The molecule has 1 fully saturated rings. The molecular formula is C23H24BrF2N5O2. The van der Waals surface area contributed by atoms with Gasteiger partial charge < -0.3 is 14.2 Å². The average Bonchev–Trinajstić information content (AvgIpc) is 3.23. The Morgan fingerprint density at radius 2 is 2.09 bits per heavy atom. The van der Waals surface area contributed by atoms with Gasteiger partial charge in [0.15, 0.2) is 6.23 Å². The van der Waals surface area contributed by atoms with Gasteiger partial charge in [0.25, 0.3) is 12.0 Å². The predicted molar refractivity (Wildman–Crippen MR) is 123 cm³/mol. The Kier molecular flexibility index (Phi) is 6.29. The SMILES string of the molecule is O=c1c(Br)c(N2CCc3c(ncn3Cc3ccccc3C(F)F)C2)cnn1C1CCCCO1. The van der Waals surface area contributed by atoms with E-state index in [-0.39, 0.29) is 17.4 Å². The minimum Gasteiger partial charge on any atom is -0.363 e. The molecule has 10 heteroatoms. The summed E-state index contributed by atoms with van der Waals surface area (Å²) in [5.74, 6) is 0. The number of hydrogen-bond donors (Lipinski definition) is 0. The van der Waals surface area contributed by atoms with E-state index >= 15 is 0 Å². The molecule has 1 unspecified atom stereocenters. The molecule has 1 saturated heterocycles. The lowest BCUT2D eigenvalue weighted by Gasteiger charge is -2.30. The second-order valence-corrected chi connectivity index (χ2v) is 9.14. The van der Waals surface area contributed by atoms with E-state index in [2.05, 4.69) is 30.9 Å². The minimum atomic E-state index is -2.51. The van der Waals surface area contributed by atoms with Gasteiger partial charge in [-0.3, -0.25) is 4.79 Å². The van der Waals surface area contributed by atoms with Gasteiger partial charge in [-0.15, -0.1) is 0 Å². The standard InChI is InChI=1S/C23H24BrF2N5O2/c24-21-19(11-28-31(23(21)32)20-7-3-4-10-33-20)29-9-8-18-17(13-29)27-14-30(18)12-15-5-1-2-6-16(15)22(25)26/h1-2,5-6,11,14,20,22H,3-4,7-10,12-13H2. The molecule has 0 spiro atoms. The van der Waals surface area contributed by atoms with Crippen molar-refractivity contribution in [3.05, 3.63) is 74.1 Å². The van der Waals surface area contributed by atoms with Crippen molar-refractivity contribution in [3.63, 3.8) is 0 Å². The molecule has 7 nitrogen and oxygen atoms in total. The lowest BCUT2D eigenvalue weighted by Crippen LogP contribution is -2.36. The number of hydrogen-bond acceptors (Lipinski definition) is 5. The Labute approximate surface area is 198 Å². The van der Waals surface area contributed by atoms with Gasteiger partial charge in [-0.25, -0.2) is 13.8 Å². The van der Waals surface area contributed by atoms with Gasteiger partial charge in [0, 0.05) is 37.4 Å². The van der Waals surface area contributed by atoms with Gasteiger partial charge in [-0.2, -0.15) is 9.78 Å². The Bertz CT molecular complexity index is 1210. The minimum absolute atomic E-state index is 0.0508. The van der Waals surface area contributed by atoms with E-state index in [4.69, 9.17) is 4.74 Å². The van der Waals surface area contributed by atoms with Crippen LogP contribution < -0.4 is 10.5 Å². The van der Waals surface area contributed by atoms with E-state index in [1.54, 1.807) is 30.7 Å². The fraction of sp³-hybridized carbons (Fsp3) is 0.435. The Hall–Kier alpha value is -2.59. The summed E-state index contributed by atoms with van der Waals surface area (Å²) < 4.78 is 36.3. The number of benzene rings is 1. The van der Waals surface area contributed by atoms with E-state index in [1.807, 2.05) is 4.57 Å². The first-order valence-electron chi connectivity index (χ1n) is 11.1. The lowest BCUT2D eigenvalue weighted by atomic mass is 10.1. The van der Waals surface area contributed by atoms with E-state index in [9.17, 15) is 13.6 Å². The molecule has 0 bridgehead atoms. The molecule has 0 radical (unpaired) electrons. The topological polar surface area (TPSA) is 65.2 Å². The maximum absolute atomic E-state index is 13.4. The van der Waals surface area contributed by atoms with Crippen LogP contribution in [0.5, 0.6) is 0 Å². The number of rotatable bonds is 5. The van der Waals surface area contributed by atoms with Crippen molar-refractivity contribution in [3.8, 4) is 0 Å². The normalized spacial score (nSPS) is 18.5. The summed E-state index contributed by atoms with van der Waals surface area (Å²) in [5.41, 5.74) is 3.06. The van der Waals surface area contributed by atoms with Crippen molar-refractivity contribution in [1.29, 1.82) is 0 Å². The molecule has 0 saturated carbocycles. The largest absolute Gasteiger partial charge is 0.363 e. The van der Waals surface area contributed by atoms with Crippen LogP contribution in [0.2, 0.25) is 0 Å². The second kappa shape index (κ2) is 9.34. The number of anilines is 1. The van der Waals surface area contributed by atoms with Gasteiger partial charge in [-0.1, -0.05) is 24.3 Å². The van der Waals surface area contributed by atoms with Crippen molar-refractivity contribution in [2.45, 2.75) is 51.4 Å². The molecule has 2 aliphatic rings. The maximum atomic E-state index is 13.4. The molecule has 1 atom stereocenters. The van der Waals surface area contributed by atoms with Crippen LogP contribution in [0.15, 0.2) is 46.1 Å². The van der Waals surface area contributed by atoms with Gasteiger partial charge in [0.05, 0.1) is 30.5 Å². The van der Waals surface area contributed by atoms with Crippen molar-refractivity contribution < 1.29 is 13.5 Å². The third-order valence-electron chi connectivity index (χ3n) is 6.32. The fourth-order valence-corrected chi connectivity index (χ4v) is 5.10. The number of aromatic nitrogens is 4. The third kappa shape index (κ3) is 4.33. The molecule has 3 aromatic rings. The summed E-state index contributed by atoms with van der Waals surface area (Å²) in [6.07, 6.45) is 4.05. The summed E-state index contributed by atoms with van der Waals surface area (Å²) in [4.78, 5) is 19.5. The highest BCUT2D eigenvalue weighted by molar-refractivity contribution is 9.10. The molecule has 0 amide bonds. The van der Waals surface area contributed by atoms with E-state index in [0.717, 1.165) is 36.3 Å². The van der Waals surface area contributed by atoms with Crippen LogP contribution in [-0.4, -0.2) is 32.5 Å². The third-order valence-corrected chi connectivity index (χ3v) is 7.06. The van der Waals surface area contributed by atoms with Gasteiger partial charge in [0.2, 0.25) is 0 Å². The molecule has 1 aromatic carbocycles. The number of ether oxygens (including phenoxy) is 1. The Morgan fingerprint density at radius 1 is 1.24 bits per heavy atom. The number of imidazole rings is 1. The van der Waals surface area contributed by atoms with Crippen LogP contribution in [0.1, 0.15) is 54.4 Å². The molecule has 2 aliphatic heterocycles. The van der Waals surface area contributed by atoms with Crippen LogP contribution in [-0.2, 0) is 24.2 Å². The zero-order valence-corrected chi connectivity index (χ0v) is 19.5. The van der Waals surface area contributed by atoms with Crippen LogP contribution in [0.3, 0.4) is 0 Å². The van der Waals surface area contributed by atoms with Gasteiger partial charge >= 0.3 is 0 Å². The predicted octanol–water partition coefficient (Wildman–Crippen LogP) is 4.45. The van der Waals surface area contributed by atoms with Gasteiger partial charge in [0.1, 0.15) is 4.47 Å². The quantitative estimate of drug-likeness (QED) is 0.498. The van der Waals surface area contributed by atoms with E-state index in [1.165, 1.54) is 10.7 Å². The van der Waals surface area contributed by atoms with Crippen molar-refractivity contribution in [1.82, 2.24) is 19.3 Å². The first-order valence-corrected chi connectivity index (χ1v) is 11.8. The first-order chi connectivity index (χ1) is 16.0. The zero-order valence-electron chi connectivity index (χ0n) is 18.0. The van der Waals surface area contributed by atoms with Crippen LogP contribution in [0.4, 0.5) is 14.5 Å². The molecular weight excluding hydrogens is 496 g/mol. The monoisotopic (exact) mass is 519 g/mol. The Morgan fingerprint density at radius 3 is 2.88 bits per heavy atom. The molecule has 33 heavy (non-hydrogen) atoms. The molecule has 0 aliphatic carbocycles. The van der Waals surface area contributed by atoms with Crippen molar-refractivity contribution in [2.75, 3.05) is 18.1 Å². The molecule has 4 heterocycles. The van der Waals surface area contributed by atoms with E-state index < -0.39 is 6.43 Å². The van der Waals surface area contributed by atoms with Crippen molar-refractivity contribution >= 4 is 21.6 Å². The van der Waals surface area contributed by atoms with Crippen LogP contribution >= 0.6 is 15.9 Å². The first kappa shape index (κ1) is 22.2. The molecule has 174 valence electrons. The number of fused-ring (bicyclic) bond motifs is 1. The highest BCUT2D eigenvalue weighted by Crippen LogP contribution is 2.30. The zero-order chi connectivity index (χ0) is 22.9. The average molecular weight is 520 g/mol. The summed E-state index contributed by atoms with van der Waals surface area (Å²) in [5, 5.41) is 4.39. The lowest BCUT2D eigenvalue weighted by molar-refractivity contribution is -0.0425. The van der Waals surface area contributed by atoms with Gasteiger partial charge in [-0.05, 0) is 40.8 Å². The van der Waals surface area contributed by atoms with E-state index in [0.29, 0.717) is 42.7 Å². The highest BCUT2D eigenvalue weighted by atomic mass is 79.9. The summed E-state index contributed by atoms with van der Waals surface area (Å²) in [7, 11) is 0. The van der Waals surface area contributed by atoms with Crippen molar-refractivity contribution in [2.24, 2.45) is 0 Å². The number of nitrogens with zero attached hydrogens (tertiary/aromatic N) is 5. The summed E-state index contributed by atoms with van der Waals surface area (Å²) in [6, 6.07) is 6.61. The molecule has 5 rings (SSSR count). The van der Waals surface area contributed by atoms with Crippen LogP contribution in [0, 0.1) is 0 Å². The summed E-state index contributed by atoms with van der Waals surface area (Å²) in [6.45, 7) is 2.17. The maximum Gasteiger partial charge on any atom is 0.285 e. The molecule has 2 aromatic heterocycles. The Balaban J connectivity index is 1.36. The fourth-order valence-electron chi connectivity index (χ4n) is 4.56. The number of halogens is 3.